The fourth-order valence-electron chi connectivity index (χ4n) is 4.51. The van der Waals surface area contributed by atoms with Crippen LogP contribution in [0.3, 0.4) is 0 Å². The van der Waals surface area contributed by atoms with Crippen molar-refractivity contribution in [3.8, 4) is 5.75 Å². The molecule has 0 saturated heterocycles. The Balaban J connectivity index is 2.04. The number of para-hydroxylation sites is 2. The number of ether oxygens (including phenoxy) is 1. The summed E-state index contributed by atoms with van der Waals surface area (Å²) in [4.78, 5) is 29.1. The van der Waals surface area contributed by atoms with E-state index < -0.39 is 28.5 Å². The summed E-state index contributed by atoms with van der Waals surface area (Å²) in [5, 5.41) is 3.00. The number of rotatable bonds is 15. The van der Waals surface area contributed by atoms with E-state index in [2.05, 4.69) is 5.32 Å². The molecule has 3 aromatic carbocycles. The average Bonchev–Trinajstić information content (AvgIpc) is 2.99. The molecule has 0 aliphatic carbocycles. The summed E-state index contributed by atoms with van der Waals surface area (Å²) in [7, 11) is -4.16. The number of anilines is 1. The maximum atomic E-state index is 14.2. The molecule has 2 amide bonds. The van der Waals surface area contributed by atoms with E-state index in [0.29, 0.717) is 25.2 Å². The van der Waals surface area contributed by atoms with E-state index in [1.165, 1.54) is 17.0 Å². The van der Waals surface area contributed by atoms with Gasteiger partial charge in [0.1, 0.15) is 18.3 Å². The minimum atomic E-state index is -4.16. The van der Waals surface area contributed by atoms with Crippen LogP contribution in [-0.4, -0.2) is 56.9 Å². The number of nitrogens with zero attached hydrogens (tertiary/aromatic N) is 2. The quantitative estimate of drug-likeness (QED) is 0.272. The van der Waals surface area contributed by atoms with Gasteiger partial charge in [-0.3, -0.25) is 13.9 Å². The molecule has 1 N–H and O–H groups in total. The fourth-order valence-corrected chi connectivity index (χ4v) is 5.96. The summed E-state index contributed by atoms with van der Waals surface area (Å²) in [6.07, 6.45) is 1.64. The highest BCUT2D eigenvalue weighted by atomic mass is 32.2. The molecule has 0 radical (unpaired) electrons. The Morgan fingerprint density at radius 1 is 0.854 bits per heavy atom. The van der Waals surface area contributed by atoms with Crippen LogP contribution >= 0.6 is 0 Å². The van der Waals surface area contributed by atoms with Gasteiger partial charge in [0, 0.05) is 12.6 Å². The van der Waals surface area contributed by atoms with Crippen LogP contribution in [-0.2, 0) is 26.0 Å². The Hall–Kier alpha value is -3.85. The second-order valence-corrected chi connectivity index (χ2v) is 11.7. The molecule has 3 rings (SSSR count). The van der Waals surface area contributed by atoms with Gasteiger partial charge in [0.15, 0.2) is 0 Å². The van der Waals surface area contributed by atoms with Crippen LogP contribution in [0.5, 0.6) is 5.75 Å². The Kier molecular flexibility index (Phi) is 11.8. The third-order valence-corrected chi connectivity index (χ3v) is 8.69. The Morgan fingerprint density at radius 2 is 1.46 bits per heavy atom. The lowest BCUT2D eigenvalue weighted by atomic mass is 10.1. The zero-order valence-electron chi connectivity index (χ0n) is 24.3. The zero-order chi connectivity index (χ0) is 29.8. The van der Waals surface area contributed by atoms with Gasteiger partial charge in [0.2, 0.25) is 11.8 Å². The second-order valence-electron chi connectivity index (χ2n) is 9.79. The standard InChI is InChI=1S/C32H41N3O5S/c1-5-25(4)33-32(37)28(6-2)34(23-22-26-16-10-8-11-17-26)31(36)24-35(29-20-14-15-21-30(29)40-7-3)41(38,39)27-18-12-9-13-19-27/h8-21,25,28H,5-7,22-24H2,1-4H3,(H,33,37). The van der Waals surface area contributed by atoms with Crippen molar-refractivity contribution in [1.29, 1.82) is 0 Å². The third kappa shape index (κ3) is 8.33. The number of carbonyl (C=O) groups excluding carboxylic acids is 2. The number of amides is 2. The third-order valence-electron chi connectivity index (χ3n) is 6.92. The van der Waals surface area contributed by atoms with E-state index in [-0.39, 0.29) is 29.1 Å². The van der Waals surface area contributed by atoms with Crippen LogP contribution in [0, 0.1) is 0 Å². The van der Waals surface area contributed by atoms with Crippen LogP contribution in [0.25, 0.3) is 0 Å². The molecule has 3 aromatic rings. The van der Waals surface area contributed by atoms with E-state index in [9.17, 15) is 18.0 Å². The molecule has 0 saturated carbocycles. The molecule has 0 fully saturated rings. The maximum Gasteiger partial charge on any atom is 0.264 e. The molecule has 0 bridgehead atoms. The van der Waals surface area contributed by atoms with E-state index in [1.807, 2.05) is 58.0 Å². The highest BCUT2D eigenvalue weighted by Gasteiger charge is 2.34. The van der Waals surface area contributed by atoms with Gasteiger partial charge in [0.25, 0.3) is 10.0 Å². The van der Waals surface area contributed by atoms with Gasteiger partial charge >= 0.3 is 0 Å². The summed E-state index contributed by atoms with van der Waals surface area (Å²) in [5.74, 6) is -0.381. The topological polar surface area (TPSA) is 96.0 Å². The van der Waals surface area contributed by atoms with Crippen LogP contribution in [0.4, 0.5) is 5.69 Å². The highest BCUT2D eigenvalue weighted by molar-refractivity contribution is 7.92. The van der Waals surface area contributed by atoms with Crippen molar-refractivity contribution in [1.82, 2.24) is 10.2 Å². The number of benzene rings is 3. The zero-order valence-corrected chi connectivity index (χ0v) is 25.1. The first-order valence-electron chi connectivity index (χ1n) is 14.2. The Bertz CT molecular complexity index is 1370. The molecule has 41 heavy (non-hydrogen) atoms. The van der Waals surface area contributed by atoms with Crippen molar-refractivity contribution in [3.63, 3.8) is 0 Å². The van der Waals surface area contributed by atoms with Gasteiger partial charge in [-0.15, -0.1) is 0 Å². The lowest BCUT2D eigenvalue weighted by Gasteiger charge is -2.34. The van der Waals surface area contributed by atoms with E-state index in [0.717, 1.165) is 16.3 Å². The van der Waals surface area contributed by atoms with Gasteiger partial charge < -0.3 is 15.0 Å². The van der Waals surface area contributed by atoms with Crippen molar-refractivity contribution in [3.05, 3.63) is 90.5 Å². The largest absolute Gasteiger partial charge is 0.492 e. The molecule has 8 nitrogen and oxygen atoms in total. The fraction of sp³-hybridized carbons (Fsp3) is 0.375. The van der Waals surface area contributed by atoms with Gasteiger partial charge in [-0.05, 0) is 62.9 Å². The lowest BCUT2D eigenvalue weighted by Crippen LogP contribution is -2.54. The maximum absolute atomic E-state index is 14.2. The summed E-state index contributed by atoms with van der Waals surface area (Å²) in [6.45, 7) is 7.63. The van der Waals surface area contributed by atoms with Gasteiger partial charge in [-0.25, -0.2) is 8.42 Å². The molecular formula is C32H41N3O5S. The predicted octanol–water partition coefficient (Wildman–Crippen LogP) is 5.05. The number of nitrogens with one attached hydrogen (secondary N) is 1. The molecule has 0 spiro atoms. The molecule has 9 heteroatoms. The first-order valence-corrected chi connectivity index (χ1v) is 15.6. The normalized spacial score (nSPS) is 12.7. The summed E-state index contributed by atoms with van der Waals surface area (Å²) in [6, 6.07) is 23.6. The van der Waals surface area contributed by atoms with Crippen LogP contribution in [0.2, 0.25) is 0 Å². The second kappa shape index (κ2) is 15.2. The molecule has 2 atom stereocenters. The molecule has 0 aliphatic heterocycles. The van der Waals surface area contributed by atoms with Gasteiger partial charge in [-0.1, -0.05) is 74.5 Å². The SMILES string of the molecule is CCOc1ccccc1N(CC(=O)N(CCc1ccccc1)C(CC)C(=O)NC(C)CC)S(=O)(=O)c1ccccc1. The summed E-state index contributed by atoms with van der Waals surface area (Å²) in [5.41, 5.74) is 1.27. The molecule has 0 aliphatic rings. The number of carbonyl (C=O) groups is 2. The van der Waals surface area contributed by atoms with Crippen LogP contribution < -0.4 is 14.4 Å². The summed E-state index contributed by atoms with van der Waals surface area (Å²) < 4.78 is 34.9. The van der Waals surface area contributed by atoms with Crippen LogP contribution in [0.1, 0.15) is 46.1 Å². The van der Waals surface area contributed by atoms with Crippen molar-refractivity contribution in [2.75, 3.05) is 24.0 Å². The van der Waals surface area contributed by atoms with Crippen molar-refractivity contribution in [2.24, 2.45) is 0 Å². The van der Waals surface area contributed by atoms with Gasteiger partial charge in [-0.2, -0.15) is 0 Å². The number of sulfonamides is 1. The van der Waals surface area contributed by atoms with Crippen LogP contribution in [0.15, 0.2) is 89.8 Å². The summed E-state index contributed by atoms with van der Waals surface area (Å²) >= 11 is 0. The molecule has 220 valence electrons. The average molecular weight is 580 g/mol. The van der Waals surface area contributed by atoms with E-state index in [1.54, 1.807) is 42.5 Å². The predicted molar refractivity (Wildman–Crippen MR) is 162 cm³/mol. The minimum absolute atomic E-state index is 0.0523. The highest BCUT2D eigenvalue weighted by Crippen LogP contribution is 2.32. The first-order chi connectivity index (χ1) is 19.7. The van der Waals surface area contributed by atoms with Crippen molar-refractivity contribution < 1.29 is 22.7 Å². The number of hydrogen-bond donors (Lipinski definition) is 1. The van der Waals surface area contributed by atoms with E-state index in [4.69, 9.17) is 4.74 Å². The lowest BCUT2D eigenvalue weighted by molar-refractivity contribution is -0.139. The molecule has 2 unspecified atom stereocenters. The monoisotopic (exact) mass is 579 g/mol. The smallest absolute Gasteiger partial charge is 0.264 e. The van der Waals surface area contributed by atoms with Crippen molar-refractivity contribution >= 4 is 27.5 Å². The van der Waals surface area contributed by atoms with Gasteiger partial charge in [0.05, 0.1) is 17.2 Å². The minimum Gasteiger partial charge on any atom is -0.492 e. The Morgan fingerprint density at radius 3 is 2.07 bits per heavy atom. The Labute approximate surface area is 244 Å². The molecular weight excluding hydrogens is 538 g/mol. The van der Waals surface area contributed by atoms with E-state index >= 15 is 0 Å². The van der Waals surface area contributed by atoms with Crippen molar-refractivity contribution in [2.45, 2.75) is 63.9 Å². The molecule has 0 heterocycles. The number of hydrogen-bond acceptors (Lipinski definition) is 5. The molecule has 0 aromatic heterocycles. The first kappa shape index (κ1) is 31.7.